The van der Waals surface area contributed by atoms with Gasteiger partial charge in [-0.1, -0.05) is 84.4 Å². The molecule has 9 nitrogen and oxygen atoms in total. The summed E-state index contributed by atoms with van der Waals surface area (Å²) in [6.07, 6.45) is 1.38. The van der Waals surface area contributed by atoms with Gasteiger partial charge in [-0.05, 0) is 76.9 Å². The second-order valence-electron chi connectivity index (χ2n) is 13.5. The summed E-state index contributed by atoms with van der Waals surface area (Å²) >= 11 is 6.09. The molecule has 0 aromatic heterocycles. The first-order chi connectivity index (χ1) is 24.7. The van der Waals surface area contributed by atoms with Crippen LogP contribution in [0.2, 0.25) is 5.02 Å². The summed E-state index contributed by atoms with van der Waals surface area (Å²) in [6.45, 7) is 2.49. The zero-order valence-corrected chi connectivity index (χ0v) is 29.3. The number of carboxylic acids is 1. The first kappa shape index (κ1) is 36.7. The number of nitrogens with one attached hydrogen (secondary N) is 1. The Morgan fingerprint density at radius 1 is 0.843 bits per heavy atom. The summed E-state index contributed by atoms with van der Waals surface area (Å²) in [4.78, 5) is 25.3. The molecule has 4 aromatic rings. The fourth-order valence-corrected chi connectivity index (χ4v) is 7.02. The Morgan fingerprint density at radius 3 is 2.25 bits per heavy atom. The molecule has 1 amide bonds. The van der Waals surface area contributed by atoms with Gasteiger partial charge in [0.15, 0.2) is 6.29 Å². The zero-order chi connectivity index (χ0) is 35.8. The van der Waals surface area contributed by atoms with Crippen molar-refractivity contribution in [3.63, 3.8) is 0 Å². The van der Waals surface area contributed by atoms with E-state index in [4.69, 9.17) is 26.2 Å². The quantitative estimate of drug-likeness (QED) is 0.118. The summed E-state index contributed by atoms with van der Waals surface area (Å²) in [5, 5.41) is 33.4. The molecule has 2 heterocycles. The van der Waals surface area contributed by atoms with Gasteiger partial charge in [0, 0.05) is 56.0 Å². The molecule has 268 valence electrons. The Balaban J connectivity index is 1.15. The molecule has 2 aliphatic rings. The van der Waals surface area contributed by atoms with Crippen LogP contribution in [-0.2, 0) is 37.8 Å². The summed E-state index contributed by atoms with van der Waals surface area (Å²) in [5.74, 6) is -1.08. The van der Waals surface area contributed by atoms with Crippen LogP contribution in [0.5, 0.6) is 0 Å². The number of carbonyl (C=O) groups is 2. The molecule has 51 heavy (non-hydrogen) atoms. The van der Waals surface area contributed by atoms with Crippen molar-refractivity contribution in [2.24, 2.45) is 0 Å². The van der Waals surface area contributed by atoms with Gasteiger partial charge in [-0.15, -0.1) is 0 Å². The van der Waals surface area contributed by atoms with E-state index in [2.05, 4.69) is 16.3 Å². The Morgan fingerprint density at radius 2 is 1.55 bits per heavy atom. The van der Waals surface area contributed by atoms with Crippen LogP contribution in [-0.4, -0.2) is 57.8 Å². The number of carboxylic acid groups (broad SMARTS) is 1. The minimum atomic E-state index is -0.907. The third kappa shape index (κ3) is 9.83. The van der Waals surface area contributed by atoms with Crippen LogP contribution in [0.1, 0.15) is 78.7 Å². The maximum absolute atomic E-state index is 12.2. The van der Waals surface area contributed by atoms with Crippen molar-refractivity contribution in [3.8, 4) is 11.1 Å². The van der Waals surface area contributed by atoms with Crippen LogP contribution in [0.15, 0.2) is 97.1 Å². The zero-order valence-electron chi connectivity index (χ0n) is 28.5. The molecule has 2 aliphatic heterocycles. The largest absolute Gasteiger partial charge is 0.481 e. The average molecular weight is 713 g/mol. The first-order valence-corrected chi connectivity index (χ1v) is 17.9. The van der Waals surface area contributed by atoms with Gasteiger partial charge in [-0.2, -0.15) is 0 Å². The smallest absolute Gasteiger partial charge is 0.303 e. The molecule has 10 heteroatoms. The molecule has 3 atom stereocenters. The van der Waals surface area contributed by atoms with Crippen LogP contribution < -0.4 is 5.32 Å². The van der Waals surface area contributed by atoms with E-state index in [1.165, 1.54) is 0 Å². The van der Waals surface area contributed by atoms with Crippen LogP contribution in [0, 0.1) is 0 Å². The van der Waals surface area contributed by atoms with Gasteiger partial charge in [0.2, 0.25) is 5.91 Å². The summed E-state index contributed by atoms with van der Waals surface area (Å²) in [5.41, 5.74) is 5.67. The number of aliphatic hydroxyl groups is 2. The van der Waals surface area contributed by atoms with Gasteiger partial charge in [0.25, 0.3) is 0 Å². The number of piperidine rings is 1. The van der Waals surface area contributed by atoms with E-state index in [0.717, 1.165) is 52.0 Å². The number of carbonyl (C=O) groups excluding carboxylic acids is 1. The molecule has 3 unspecified atom stereocenters. The fourth-order valence-electron chi connectivity index (χ4n) is 6.89. The van der Waals surface area contributed by atoms with E-state index < -0.39 is 17.9 Å². The molecule has 6 rings (SSSR count). The SMILES string of the molecule is O=C(O)CCCC(=O)NCc1cccc(-c2cccc(C3OC(CN4CCC(O)(c5ccc(Cl)cc5)CC4)CC(c4ccc(CO)cc4)O3)c2)c1. The number of aliphatic hydroxyl groups excluding tert-OH is 1. The van der Waals surface area contributed by atoms with Gasteiger partial charge in [0.1, 0.15) is 0 Å². The molecular weight excluding hydrogens is 668 g/mol. The lowest BCUT2D eigenvalue weighted by Gasteiger charge is -2.42. The topological polar surface area (TPSA) is 129 Å². The third-order valence-electron chi connectivity index (χ3n) is 9.84. The van der Waals surface area contributed by atoms with Crippen LogP contribution in [0.4, 0.5) is 0 Å². The number of benzene rings is 4. The maximum Gasteiger partial charge on any atom is 0.303 e. The van der Waals surface area contributed by atoms with Crippen LogP contribution in [0.25, 0.3) is 11.1 Å². The summed E-state index contributed by atoms with van der Waals surface area (Å²) < 4.78 is 13.3. The minimum Gasteiger partial charge on any atom is -0.481 e. The Hall–Kier alpha value is -4.09. The molecule has 0 bridgehead atoms. The molecule has 2 fully saturated rings. The highest BCUT2D eigenvalue weighted by Gasteiger charge is 2.37. The average Bonchev–Trinajstić information content (AvgIpc) is 3.15. The number of hydrogen-bond donors (Lipinski definition) is 4. The Bertz CT molecular complexity index is 1770. The van der Waals surface area contributed by atoms with Crippen LogP contribution in [0.3, 0.4) is 0 Å². The van der Waals surface area contributed by atoms with Gasteiger partial charge in [-0.3, -0.25) is 9.59 Å². The number of aliphatic carboxylic acids is 1. The van der Waals surface area contributed by atoms with Crippen LogP contribution >= 0.6 is 11.6 Å². The molecule has 4 N–H and O–H groups in total. The summed E-state index contributed by atoms with van der Waals surface area (Å²) in [7, 11) is 0. The van der Waals surface area contributed by atoms with Gasteiger partial charge in [0.05, 0.1) is 24.4 Å². The maximum atomic E-state index is 12.2. The van der Waals surface area contributed by atoms with E-state index in [0.29, 0.717) is 43.8 Å². The number of likely N-dealkylation sites (tertiary alicyclic amines) is 1. The molecule has 0 saturated carbocycles. The van der Waals surface area contributed by atoms with Crippen molar-refractivity contribution in [1.29, 1.82) is 0 Å². The van der Waals surface area contributed by atoms with Crippen molar-refractivity contribution >= 4 is 23.5 Å². The van der Waals surface area contributed by atoms with E-state index >= 15 is 0 Å². The third-order valence-corrected chi connectivity index (χ3v) is 10.1. The number of halogens is 1. The van der Waals surface area contributed by atoms with Gasteiger partial charge in [-0.25, -0.2) is 0 Å². The highest BCUT2D eigenvalue weighted by molar-refractivity contribution is 6.30. The van der Waals surface area contributed by atoms with Crippen molar-refractivity contribution in [3.05, 3.63) is 130 Å². The molecule has 0 spiro atoms. The predicted octanol–water partition coefficient (Wildman–Crippen LogP) is 6.90. The van der Waals surface area contributed by atoms with E-state index in [9.17, 15) is 19.8 Å². The molecule has 0 aliphatic carbocycles. The van der Waals surface area contributed by atoms with Crippen molar-refractivity contribution in [2.75, 3.05) is 19.6 Å². The van der Waals surface area contributed by atoms with E-state index in [-0.39, 0.29) is 37.6 Å². The van der Waals surface area contributed by atoms with Crippen molar-refractivity contribution in [2.45, 2.75) is 75.8 Å². The second-order valence-corrected chi connectivity index (χ2v) is 14.0. The van der Waals surface area contributed by atoms with Gasteiger partial charge < -0.3 is 35.0 Å². The first-order valence-electron chi connectivity index (χ1n) is 17.6. The van der Waals surface area contributed by atoms with Crippen molar-refractivity contribution in [1.82, 2.24) is 10.2 Å². The molecular formula is C41H45ClN2O7. The lowest BCUT2D eigenvalue weighted by Crippen LogP contribution is -2.46. The second kappa shape index (κ2) is 17.0. The number of rotatable bonds is 13. The predicted molar refractivity (Wildman–Crippen MR) is 195 cm³/mol. The van der Waals surface area contributed by atoms with E-state index in [1.54, 1.807) is 0 Å². The van der Waals surface area contributed by atoms with Crippen molar-refractivity contribution < 1.29 is 34.4 Å². The van der Waals surface area contributed by atoms with E-state index in [1.807, 2.05) is 91.0 Å². The number of amides is 1. The minimum absolute atomic E-state index is 0.0232. The standard InChI is InChI=1S/C41H45ClN2O7/c42-35-16-14-34(15-17-35)41(49)18-20-44(21-19-41)26-36-24-37(30-12-10-28(27-45)11-13-30)51-40(50-36)33-7-2-6-32(23-33)31-5-1-4-29(22-31)25-43-38(46)8-3-9-39(47)48/h1-2,4-7,10-17,22-23,36-37,40,45,49H,3,8-9,18-21,24-27H2,(H,43,46)(H,47,48). The number of ether oxygens (including phenoxy) is 2. The summed E-state index contributed by atoms with van der Waals surface area (Å²) in [6, 6.07) is 31.4. The Kier molecular flexibility index (Phi) is 12.2. The Labute approximate surface area is 303 Å². The fraction of sp³-hybridized carbons (Fsp3) is 0.366. The highest BCUT2D eigenvalue weighted by Crippen LogP contribution is 2.40. The lowest BCUT2D eigenvalue weighted by molar-refractivity contribution is -0.253. The van der Waals surface area contributed by atoms with Gasteiger partial charge >= 0.3 is 5.97 Å². The normalized spacial score (nSPS) is 20.5. The monoisotopic (exact) mass is 712 g/mol. The molecule has 2 saturated heterocycles. The lowest BCUT2D eigenvalue weighted by atomic mass is 9.84. The number of hydrogen-bond acceptors (Lipinski definition) is 7. The molecule has 4 aromatic carbocycles. The highest BCUT2D eigenvalue weighted by atomic mass is 35.5. The number of nitrogens with zero attached hydrogens (tertiary/aromatic N) is 1. The molecule has 0 radical (unpaired) electrons.